The SMILES string of the molecule is O=C(N/N=C\c1c(Cl)cccc1Cl)C1CCN(C(=O)c2ccc(Cl)cc2)CC1. The molecule has 0 atom stereocenters. The molecule has 1 aliphatic heterocycles. The van der Waals surface area contributed by atoms with Crippen molar-refractivity contribution in [1.82, 2.24) is 10.3 Å². The van der Waals surface area contributed by atoms with Gasteiger partial charge in [-0.25, -0.2) is 5.43 Å². The van der Waals surface area contributed by atoms with Gasteiger partial charge in [0.25, 0.3) is 5.91 Å². The van der Waals surface area contributed by atoms with Gasteiger partial charge in [-0.05, 0) is 49.2 Å². The molecular formula is C20H18Cl3N3O2. The molecule has 1 saturated heterocycles. The molecule has 146 valence electrons. The predicted molar refractivity (Wildman–Crippen MR) is 112 cm³/mol. The highest BCUT2D eigenvalue weighted by Gasteiger charge is 2.27. The van der Waals surface area contributed by atoms with Crippen LogP contribution in [0.15, 0.2) is 47.6 Å². The zero-order valence-corrected chi connectivity index (χ0v) is 17.1. The third-order valence-electron chi connectivity index (χ3n) is 4.61. The summed E-state index contributed by atoms with van der Waals surface area (Å²) < 4.78 is 0. The van der Waals surface area contributed by atoms with Gasteiger partial charge in [0.2, 0.25) is 5.91 Å². The van der Waals surface area contributed by atoms with E-state index in [1.165, 1.54) is 6.21 Å². The van der Waals surface area contributed by atoms with Crippen LogP contribution >= 0.6 is 34.8 Å². The second-order valence-electron chi connectivity index (χ2n) is 6.44. The Labute approximate surface area is 178 Å². The van der Waals surface area contributed by atoms with Gasteiger partial charge in [-0.15, -0.1) is 0 Å². The fraction of sp³-hybridized carbons (Fsp3) is 0.250. The number of nitrogens with zero attached hydrogens (tertiary/aromatic N) is 2. The molecule has 2 aromatic carbocycles. The van der Waals surface area contributed by atoms with Crippen molar-refractivity contribution in [2.24, 2.45) is 11.0 Å². The van der Waals surface area contributed by atoms with Crippen LogP contribution in [0.4, 0.5) is 0 Å². The highest BCUT2D eigenvalue weighted by molar-refractivity contribution is 6.38. The summed E-state index contributed by atoms with van der Waals surface area (Å²) in [5.41, 5.74) is 3.67. The van der Waals surface area contributed by atoms with Gasteiger partial charge >= 0.3 is 0 Å². The van der Waals surface area contributed by atoms with Crippen molar-refractivity contribution in [2.75, 3.05) is 13.1 Å². The Balaban J connectivity index is 1.52. The van der Waals surface area contributed by atoms with E-state index in [1.807, 2.05) is 0 Å². The number of hydrogen-bond donors (Lipinski definition) is 1. The van der Waals surface area contributed by atoms with E-state index in [0.717, 1.165) is 0 Å². The van der Waals surface area contributed by atoms with Gasteiger partial charge in [-0.3, -0.25) is 9.59 Å². The number of benzene rings is 2. The van der Waals surface area contributed by atoms with Crippen molar-refractivity contribution in [3.63, 3.8) is 0 Å². The number of halogens is 3. The summed E-state index contributed by atoms with van der Waals surface area (Å²) in [5, 5.41) is 5.47. The molecule has 0 saturated carbocycles. The molecule has 2 aromatic rings. The third kappa shape index (κ3) is 5.04. The Bertz CT molecular complexity index is 872. The molecule has 2 amide bonds. The summed E-state index contributed by atoms with van der Waals surface area (Å²) >= 11 is 18.0. The molecule has 0 spiro atoms. The molecule has 0 aromatic heterocycles. The van der Waals surface area contributed by atoms with Crippen LogP contribution in [-0.4, -0.2) is 36.0 Å². The standard InChI is InChI=1S/C20H18Cl3N3O2/c21-15-6-4-14(5-7-15)20(28)26-10-8-13(9-11-26)19(27)25-24-12-16-17(22)2-1-3-18(16)23/h1-7,12-13H,8-11H2,(H,25,27)/b24-12-. The summed E-state index contributed by atoms with van der Waals surface area (Å²) in [6.45, 7) is 1.03. The van der Waals surface area contributed by atoms with E-state index in [1.54, 1.807) is 47.4 Å². The van der Waals surface area contributed by atoms with Crippen LogP contribution in [0.2, 0.25) is 15.1 Å². The lowest BCUT2D eigenvalue weighted by molar-refractivity contribution is -0.126. The number of likely N-dealkylation sites (tertiary alicyclic amines) is 1. The minimum absolute atomic E-state index is 0.0538. The summed E-state index contributed by atoms with van der Waals surface area (Å²) in [7, 11) is 0. The van der Waals surface area contributed by atoms with Crippen molar-refractivity contribution in [3.8, 4) is 0 Å². The zero-order valence-electron chi connectivity index (χ0n) is 14.9. The Morgan fingerprint density at radius 1 is 1.00 bits per heavy atom. The van der Waals surface area contributed by atoms with Crippen LogP contribution in [0.3, 0.4) is 0 Å². The third-order valence-corrected chi connectivity index (χ3v) is 5.52. The smallest absolute Gasteiger partial charge is 0.253 e. The number of hydrazone groups is 1. The highest BCUT2D eigenvalue weighted by atomic mass is 35.5. The van der Waals surface area contributed by atoms with Crippen LogP contribution < -0.4 is 5.43 Å². The second-order valence-corrected chi connectivity index (χ2v) is 7.69. The number of rotatable bonds is 4. The lowest BCUT2D eigenvalue weighted by Gasteiger charge is -2.31. The Morgan fingerprint density at radius 2 is 1.61 bits per heavy atom. The predicted octanol–water partition coefficient (Wildman–Crippen LogP) is 4.65. The quantitative estimate of drug-likeness (QED) is 0.558. The molecule has 3 rings (SSSR count). The first-order valence-electron chi connectivity index (χ1n) is 8.77. The maximum Gasteiger partial charge on any atom is 0.253 e. The first kappa shape index (κ1) is 20.6. The molecule has 5 nitrogen and oxygen atoms in total. The number of piperidine rings is 1. The number of carbonyl (C=O) groups excluding carboxylic acids is 2. The second kappa shape index (κ2) is 9.41. The Kier molecular flexibility index (Phi) is 6.94. The van der Waals surface area contributed by atoms with E-state index in [-0.39, 0.29) is 17.7 Å². The maximum atomic E-state index is 12.5. The summed E-state index contributed by atoms with van der Waals surface area (Å²) in [4.78, 5) is 26.6. The van der Waals surface area contributed by atoms with Crippen LogP contribution in [-0.2, 0) is 4.79 Å². The summed E-state index contributed by atoms with van der Waals surface area (Å²) in [5.74, 6) is -0.437. The number of amides is 2. The van der Waals surface area contributed by atoms with Gasteiger partial charge in [0.15, 0.2) is 0 Å². The van der Waals surface area contributed by atoms with Gasteiger partial charge in [0.1, 0.15) is 0 Å². The normalized spacial score (nSPS) is 15.0. The average molecular weight is 439 g/mol. The molecule has 0 unspecified atom stereocenters. The fourth-order valence-electron chi connectivity index (χ4n) is 3.01. The topological polar surface area (TPSA) is 61.8 Å². The summed E-state index contributed by atoms with van der Waals surface area (Å²) in [6.07, 6.45) is 2.59. The fourth-order valence-corrected chi connectivity index (χ4v) is 3.63. The van der Waals surface area contributed by atoms with Crippen molar-refractivity contribution in [1.29, 1.82) is 0 Å². The lowest BCUT2D eigenvalue weighted by atomic mass is 9.95. The molecular weight excluding hydrogens is 421 g/mol. The molecule has 1 N–H and O–H groups in total. The van der Waals surface area contributed by atoms with Crippen molar-refractivity contribution in [3.05, 3.63) is 68.7 Å². The van der Waals surface area contributed by atoms with E-state index in [2.05, 4.69) is 10.5 Å². The Morgan fingerprint density at radius 3 is 2.21 bits per heavy atom. The van der Waals surface area contributed by atoms with Gasteiger partial charge in [0.05, 0.1) is 16.3 Å². The van der Waals surface area contributed by atoms with Gasteiger partial charge in [-0.1, -0.05) is 40.9 Å². The largest absolute Gasteiger partial charge is 0.339 e. The first-order valence-corrected chi connectivity index (χ1v) is 9.91. The number of hydrogen-bond acceptors (Lipinski definition) is 3. The first-order chi connectivity index (χ1) is 13.5. The van der Waals surface area contributed by atoms with E-state index in [0.29, 0.717) is 52.1 Å². The van der Waals surface area contributed by atoms with E-state index < -0.39 is 0 Å². The minimum Gasteiger partial charge on any atom is -0.339 e. The van der Waals surface area contributed by atoms with Crippen LogP contribution in [0.5, 0.6) is 0 Å². The van der Waals surface area contributed by atoms with E-state index in [4.69, 9.17) is 34.8 Å². The Hall–Kier alpha value is -2.08. The number of nitrogens with one attached hydrogen (secondary N) is 1. The van der Waals surface area contributed by atoms with E-state index >= 15 is 0 Å². The van der Waals surface area contributed by atoms with Crippen molar-refractivity contribution >= 4 is 52.8 Å². The van der Waals surface area contributed by atoms with E-state index in [9.17, 15) is 9.59 Å². The highest BCUT2D eigenvalue weighted by Crippen LogP contribution is 2.22. The van der Waals surface area contributed by atoms with Crippen LogP contribution in [0.25, 0.3) is 0 Å². The van der Waals surface area contributed by atoms with Gasteiger partial charge < -0.3 is 4.90 Å². The van der Waals surface area contributed by atoms with Crippen LogP contribution in [0, 0.1) is 5.92 Å². The lowest BCUT2D eigenvalue weighted by Crippen LogP contribution is -2.42. The van der Waals surface area contributed by atoms with Gasteiger partial charge in [-0.2, -0.15) is 5.10 Å². The zero-order chi connectivity index (χ0) is 20.1. The van der Waals surface area contributed by atoms with Gasteiger partial charge in [0, 0.05) is 35.2 Å². The molecule has 0 radical (unpaired) electrons. The molecule has 1 aliphatic rings. The molecule has 8 heteroatoms. The number of carbonyl (C=O) groups is 2. The molecule has 28 heavy (non-hydrogen) atoms. The molecule has 1 fully saturated rings. The monoisotopic (exact) mass is 437 g/mol. The summed E-state index contributed by atoms with van der Waals surface area (Å²) in [6, 6.07) is 11.9. The van der Waals surface area contributed by atoms with Crippen LogP contribution in [0.1, 0.15) is 28.8 Å². The minimum atomic E-state index is -0.201. The average Bonchev–Trinajstić information content (AvgIpc) is 2.70. The maximum absolute atomic E-state index is 12.5. The molecule has 1 heterocycles. The molecule has 0 aliphatic carbocycles. The molecule has 0 bridgehead atoms. The van der Waals surface area contributed by atoms with Crippen molar-refractivity contribution in [2.45, 2.75) is 12.8 Å². The van der Waals surface area contributed by atoms with Crippen molar-refractivity contribution < 1.29 is 9.59 Å².